The number of hydrogen-bond acceptors (Lipinski definition) is 4. The number of rotatable bonds is 8. The average molecular weight is 482 g/mol. The number of alkyl halides is 3. The highest BCUT2D eigenvalue weighted by molar-refractivity contribution is 6.30. The van der Waals surface area contributed by atoms with E-state index in [1.54, 1.807) is 31.2 Å². The van der Waals surface area contributed by atoms with E-state index in [1.165, 1.54) is 10.8 Å². The minimum atomic E-state index is -4.54. The molecule has 7 nitrogen and oxygen atoms in total. The van der Waals surface area contributed by atoms with Crippen LogP contribution < -0.4 is 16.6 Å². The predicted octanol–water partition coefficient (Wildman–Crippen LogP) is 3.04. The van der Waals surface area contributed by atoms with Gasteiger partial charge in [-0.1, -0.05) is 17.7 Å². The predicted molar refractivity (Wildman–Crippen MR) is 118 cm³/mol. The van der Waals surface area contributed by atoms with Gasteiger partial charge >= 0.3 is 6.18 Å². The number of pyridine rings is 1. The van der Waals surface area contributed by atoms with Gasteiger partial charge in [-0.05, 0) is 47.9 Å². The molecule has 0 aliphatic carbocycles. The number of hydrogen-bond donors (Lipinski definition) is 2. The van der Waals surface area contributed by atoms with Crippen LogP contribution in [0.4, 0.5) is 13.2 Å². The van der Waals surface area contributed by atoms with Crippen molar-refractivity contribution in [3.63, 3.8) is 0 Å². The standard InChI is InChI=1S/C22H23ClF3N5O2/c1-14-5-7-30(8-9-31-19(4-6-29-31)22(24,25)26)21(33)18(14)11-20(32)28-13-16-10-17(23)3-2-15(16)12-27/h2-7,10H,8-9,11-13,27H2,1H3,(H,28,32). The molecular weight excluding hydrogens is 459 g/mol. The van der Waals surface area contributed by atoms with Gasteiger partial charge in [0.25, 0.3) is 5.56 Å². The Morgan fingerprint density at radius 3 is 2.64 bits per heavy atom. The van der Waals surface area contributed by atoms with Crippen molar-refractivity contribution in [2.24, 2.45) is 5.73 Å². The van der Waals surface area contributed by atoms with Gasteiger partial charge in [0.2, 0.25) is 5.91 Å². The first-order chi connectivity index (χ1) is 15.6. The fraction of sp³-hybridized carbons (Fsp3) is 0.318. The normalized spacial score (nSPS) is 11.6. The summed E-state index contributed by atoms with van der Waals surface area (Å²) in [6.07, 6.45) is -2.15. The number of nitrogens with one attached hydrogen (secondary N) is 1. The van der Waals surface area contributed by atoms with Crippen LogP contribution in [0.15, 0.2) is 47.5 Å². The third-order valence-corrected chi connectivity index (χ3v) is 5.50. The molecule has 11 heteroatoms. The highest BCUT2D eigenvalue weighted by Gasteiger charge is 2.34. The summed E-state index contributed by atoms with van der Waals surface area (Å²) in [4.78, 5) is 25.4. The molecule has 2 aromatic heterocycles. The van der Waals surface area contributed by atoms with Crippen LogP contribution in [0.3, 0.4) is 0 Å². The molecule has 1 aromatic carbocycles. The second-order valence-corrected chi connectivity index (χ2v) is 7.92. The first kappa shape index (κ1) is 24.5. The van der Waals surface area contributed by atoms with E-state index in [0.29, 0.717) is 10.6 Å². The molecule has 0 aliphatic rings. The number of carbonyl (C=O) groups is 1. The van der Waals surface area contributed by atoms with E-state index in [0.717, 1.165) is 28.1 Å². The van der Waals surface area contributed by atoms with Crippen LogP contribution in [0.5, 0.6) is 0 Å². The summed E-state index contributed by atoms with van der Waals surface area (Å²) in [5.41, 5.74) is 6.91. The summed E-state index contributed by atoms with van der Waals surface area (Å²) in [7, 11) is 0. The maximum Gasteiger partial charge on any atom is 0.433 e. The number of aromatic nitrogens is 3. The Labute approximate surface area is 193 Å². The number of benzene rings is 1. The maximum absolute atomic E-state index is 13.0. The summed E-state index contributed by atoms with van der Waals surface area (Å²) in [6, 6.07) is 7.75. The first-order valence-corrected chi connectivity index (χ1v) is 10.5. The average Bonchev–Trinajstić information content (AvgIpc) is 3.24. The van der Waals surface area contributed by atoms with Crippen LogP contribution in [-0.4, -0.2) is 20.3 Å². The highest BCUT2D eigenvalue weighted by Crippen LogP contribution is 2.28. The molecule has 0 saturated carbocycles. The Morgan fingerprint density at radius 2 is 1.94 bits per heavy atom. The lowest BCUT2D eigenvalue weighted by Gasteiger charge is -2.14. The topological polar surface area (TPSA) is 94.9 Å². The van der Waals surface area contributed by atoms with Crippen LogP contribution >= 0.6 is 11.6 Å². The van der Waals surface area contributed by atoms with Crippen molar-refractivity contribution in [3.8, 4) is 0 Å². The third-order valence-electron chi connectivity index (χ3n) is 5.26. The van der Waals surface area contributed by atoms with Gasteiger partial charge in [0, 0.05) is 42.6 Å². The summed E-state index contributed by atoms with van der Waals surface area (Å²) in [5.74, 6) is -0.373. The maximum atomic E-state index is 13.0. The van der Waals surface area contributed by atoms with E-state index < -0.39 is 17.4 Å². The fourth-order valence-electron chi connectivity index (χ4n) is 3.43. The van der Waals surface area contributed by atoms with Crippen LogP contribution in [0, 0.1) is 6.92 Å². The summed E-state index contributed by atoms with van der Waals surface area (Å²) < 4.78 is 41.2. The number of nitrogens with zero attached hydrogens (tertiary/aromatic N) is 3. The lowest BCUT2D eigenvalue weighted by Crippen LogP contribution is -2.32. The molecule has 3 aromatic rings. The Morgan fingerprint density at radius 1 is 1.18 bits per heavy atom. The Hall–Kier alpha value is -3.11. The lowest BCUT2D eigenvalue weighted by atomic mass is 10.1. The molecule has 0 bridgehead atoms. The number of amides is 1. The van der Waals surface area contributed by atoms with E-state index in [2.05, 4.69) is 10.4 Å². The Balaban J connectivity index is 1.70. The molecule has 0 atom stereocenters. The van der Waals surface area contributed by atoms with Gasteiger partial charge in [0.1, 0.15) is 5.69 Å². The fourth-order valence-corrected chi connectivity index (χ4v) is 3.63. The first-order valence-electron chi connectivity index (χ1n) is 10.1. The molecule has 1 amide bonds. The van der Waals surface area contributed by atoms with E-state index in [-0.39, 0.29) is 44.1 Å². The smallest absolute Gasteiger partial charge is 0.352 e. The van der Waals surface area contributed by atoms with Crippen molar-refractivity contribution in [1.29, 1.82) is 0 Å². The van der Waals surface area contributed by atoms with Crippen molar-refractivity contribution in [1.82, 2.24) is 19.7 Å². The Bertz CT molecular complexity index is 1200. The van der Waals surface area contributed by atoms with Gasteiger partial charge in [0.15, 0.2) is 0 Å². The zero-order chi connectivity index (χ0) is 24.2. The van der Waals surface area contributed by atoms with Crippen LogP contribution in [-0.2, 0) is 43.6 Å². The molecule has 0 radical (unpaired) electrons. The second kappa shape index (κ2) is 10.2. The van der Waals surface area contributed by atoms with E-state index in [4.69, 9.17) is 17.3 Å². The minimum Gasteiger partial charge on any atom is -0.352 e. The monoisotopic (exact) mass is 481 g/mol. The molecule has 176 valence electrons. The van der Waals surface area contributed by atoms with Crippen molar-refractivity contribution in [2.75, 3.05) is 0 Å². The zero-order valence-electron chi connectivity index (χ0n) is 17.8. The third kappa shape index (κ3) is 6.02. The summed E-state index contributed by atoms with van der Waals surface area (Å²) in [6.45, 7) is 2.02. The zero-order valence-corrected chi connectivity index (χ0v) is 18.6. The highest BCUT2D eigenvalue weighted by atomic mass is 35.5. The molecular formula is C22H23ClF3N5O2. The van der Waals surface area contributed by atoms with Gasteiger partial charge in [0.05, 0.1) is 13.0 Å². The number of halogens is 4. The molecule has 0 spiro atoms. The quantitative estimate of drug-likeness (QED) is 0.517. The van der Waals surface area contributed by atoms with Crippen molar-refractivity contribution in [3.05, 3.63) is 86.0 Å². The van der Waals surface area contributed by atoms with Crippen LogP contribution in [0.2, 0.25) is 5.02 Å². The molecule has 33 heavy (non-hydrogen) atoms. The minimum absolute atomic E-state index is 0.0269. The van der Waals surface area contributed by atoms with Gasteiger partial charge in [-0.15, -0.1) is 0 Å². The van der Waals surface area contributed by atoms with Crippen molar-refractivity contribution in [2.45, 2.75) is 45.7 Å². The number of nitrogens with two attached hydrogens (primary N) is 1. The van der Waals surface area contributed by atoms with Crippen LogP contribution in [0.1, 0.15) is 27.9 Å². The number of aryl methyl sites for hydroxylation is 3. The van der Waals surface area contributed by atoms with Crippen molar-refractivity contribution < 1.29 is 18.0 Å². The van der Waals surface area contributed by atoms with Gasteiger partial charge in [-0.25, -0.2) is 0 Å². The van der Waals surface area contributed by atoms with E-state index in [1.807, 2.05) is 0 Å². The van der Waals surface area contributed by atoms with Gasteiger partial charge in [-0.2, -0.15) is 18.3 Å². The second-order valence-electron chi connectivity index (χ2n) is 7.48. The SMILES string of the molecule is Cc1ccn(CCn2nccc2C(F)(F)F)c(=O)c1CC(=O)NCc1cc(Cl)ccc1CN. The summed E-state index contributed by atoms with van der Waals surface area (Å²) in [5, 5.41) is 6.97. The van der Waals surface area contributed by atoms with Gasteiger partial charge < -0.3 is 15.6 Å². The van der Waals surface area contributed by atoms with E-state index in [9.17, 15) is 22.8 Å². The number of carbonyl (C=O) groups excluding carboxylic acids is 1. The molecule has 2 heterocycles. The summed E-state index contributed by atoms with van der Waals surface area (Å²) >= 11 is 6.01. The molecule has 0 unspecified atom stereocenters. The largest absolute Gasteiger partial charge is 0.433 e. The molecule has 3 rings (SSSR count). The molecule has 0 aliphatic heterocycles. The van der Waals surface area contributed by atoms with E-state index >= 15 is 0 Å². The van der Waals surface area contributed by atoms with Crippen LogP contribution in [0.25, 0.3) is 0 Å². The lowest BCUT2D eigenvalue weighted by molar-refractivity contribution is -0.144. The molecule has 0 saturated heterocycles. The Kier molecular flexibility index (Phi) is 7.60. The molecule has 3 N–H and O–H groups in total. The molecule has 0 fully saturated rings. The van der Waals surface area contributed by atoms with Gasteiger partial charge in [-0.3, -0.25) is 14.3 Å². The van der Waals surface area contributed by atoms with Crippen molar-refractivity contribution >= 4 is 17.5 Å².